The Balaban J connectivity index is 1.15. The highest BCUT2D eigenvalue weighted by Crippen LogP contribution is 2.69. The second-order valence-electron chi connectivity index (χ2n) is 31.3. The van der Waals surface area contributed by atoms with Gasteiger partial charge in [-0.1, -0.05) is 189 Å². The first-order chi connectivity index (χ1) is 37.1. The minimum absolute atomic E-state index is 0.00208. The molecule has 3 heterocycles. The van der Waals surface area contributed by atoms with E-state index in [2.05, 4.69) is 242 Å². The average Bonchev–Trinajstić information content (AvgIpc) is 4.25. The van der Waals surface area contributed by atoms with E-state index in [0.29, 0.717) is 5.92 Å². The number of rotatable bonds is 4. The third-order valence-corrected chi connectivity index (χ3v) is 22.0. The van der Waals surface area contributed by atoms with Crippen molar-refractivity contribution in [2.75, 3.05) is 9.80 Å². The second kappa shape index (κ2) is 16.4. The molecule has 7 aromatic rings. The van der Waals surface area contributed by atoms with Gasteiger partial charge in [0.2, 0.25) is 0 Å². The van der Waals surface area contributed by atoms with Crippen LogP contribution in [0.1, 0.15) is 200 Å². The molecular weight excluding hydrogens is 956 g/mol. The van der Waals surface area contributed by atoms with Gasteiger partial charge < -0.3 is 14.2 Å². The predicted molar refractivity (Wildman–Crippen MR) is 337 cm³/mol. The van der Waals surface area contributed by atoms with Crippen molar-refractivity contribution >= 4 is 63.5 Å². The largest absolute Gasteiger partial charge is 0.472 e. The van der Waals surface area contributed by atoms with Crippen molar-refractivity contribution in [3.05, 3.63) is 166 Å². The van der Waals surface area contributed by atoms with E-state index < -0.39 is 0 Å². The van der Waals surface area contributed by atoms with Gasteiger partial charge in [-0.2, -0.15) is 0 Å². The number of benzene rings is 6. The predicted octanol–water partition coefficient (Wildman–Crippen LogP) is 18.8. The molecule has 0 spiro atoms. The summed E-state index contributed by atoms with van der Waals surface area (Å²) in [6.45, 7) is 39.4. The van der Waals surface area contributed by atoms with E-state index in [9.17, 15) is 0 Å². The first-order valence-electron chi connectivity index (χ1n) is 30.4. The van der Waals surface area contributed by atoms with Crippen molar-refractivity contribution in [2.45, 2.75) is 195 Å². The summed E-state index contributed by atoms with van der Waals surface area (Å²) in [6, 6.07) is 46.0. The molecule has 0 saturated heterocycles. The van der Waals surface area contributed by atoms with Crippen LogP contribution in [0.4, 0.5) is 34.1 Å². The van der Waals surface area contributed by atoms with Crippen LogP contribution in [0.3, 0.4) is 0 Å². The summed E-state index contributed by atoms with van der Waals surface area (Å²) in [5.41, 5.74) is 28.2. The summed E-state index contributed by atoms with van der Waals surface area (Å²) < 4.78 is 7.96. The number of furan rings is 1. The maximum Gasteiger partial charge on any atom is 0.297 e. The van der Waals surface area contributed by atoms with Gasteiger partial charge in [-0.25, -0.2) is 0 Å². The van der Waals surface area contributed by atoms with E-state index in [1.807, 2.05) is 0 Å². The molecule has 6 aromatic carbocycles. The number of hydrogen-bond acceptors (Lipinski definition) is 3. The van der Waals surface area contributed by atoms with Gasteiger partial charge in [0.15, 0.2) is 0 Å². The Hall–Kier alpha value is -6.00. The number of fused-ring (bicyclic) bond motifs is 13. The highest BCUT2D eigenvalue weighted by atomic mass is 16.3. The Kier molecular flexibility index (Phi) is 10.6. The quantitative estimate of drug-likeness (QED) is 0.164. The zero-order valence-corrected chi connectivity index (χ0v) is 50.7. The Labute approximate surface area is 474 Å². The van der Waals surface area contributed by atoms with Crippen LogP contribution < -0.4 is 26.4 Å². The summed E-state index contributed by atoms with van der Waals surface area (Å²) in [7, 11) is 0. The van der Waals surface area contributed by atoms with E-state index in [1.54, 1.807) is 5.57 Å². The molecule has 0 radical (unpaired) electrons. The van der Waals surface area contributed by atoms with Gasteiger partial charge in [-0.05, 0) is 198 Å². The molecule has 7 aliphatic rings. The molecule has 2 fully saturated rings. The minimum atomic E-state index is -0.182. The molecule has 3 atom stereocenters. The van der Waals surface area contributed by atoms with Gasteiger partial charge in [0.1, 0.15) is 5.76 Å². The smallest absolute Gasteiger partial charge is 0.297 e. The van der Waals surface area contributed by atoms with E-state index in [4.69, 9.17) is 4.42 Å². The van der Waals surface area contributed by atoms with E-state index >= 15 is 0 Å². The number of hydrogen-bond donors (Lipinski definition) is 0. The molecule has 14 rings (SSSR count). The van der Waals surface area contributed by atoms with Crippen LogP contribution in [0.25, 0.3) is 28.3 Å². The molecule has 2 aliphatic heterocycles. The standard InChI is InChI=1S/C75H85BN2O/c1-68(2,3)47-27-28-58-61(35-47)77(59-41-54-52(70(7,8)29-31-72(54,11)12)38-49(59)45-23-19-17-20-24-45)62-36-48(69(4,5)6)37-63-65(62)76(58)67-66(51-40-56-57(43-64(51)79-67)75(16)34-33-74(56,15)44-75)78(63)60-42-55-53(71(9,10)30-32-73(55,13)14)39-50(60)46-25-21-18-22-26-46/h17-28,35-42,57H,29-34,43-44H2,1-16H3/t57?,74?,75-/m0/s1. The lowest BCUT2D eigenvalue weighted by Crippen LogP contribution is -2.61. The Bertz CT molecular complexity index is 3760. The van der Waals surface area contributed by atoms with Crippen LogP contribution >= 0.6 is 0 Å². The molecule has 0 amide bonds. The summed E-state index contributed by atoms with van der Waals surface area (Å²) in [6.07, 6.45) is 12.1. The normalized spacial score (nSPS) is 24.2. The van der Waals surface area contributed by atoms with Crippen molar-refractivity contribution in [1.82, 2.24) is 0 Å². The Morgan fingerprint density at radius 2 is 0.975 bits per heavy atom. The van der Waals surface area contributed by atoms with Gasteiger partial charge >= 0.3 is 0 Å². The lowest BCUT2D eigenvalue weighted by Gasteiger charge is -2.47. The van der Waals surface area contributed by atoms with Gasteiger partial charge in [0, 0.05) is 40.2 Å². The number of nitrogens with zero attached hydrogens (tertiary/aromatic N) is 2. The third kappa shape index (κ3) is 7.42. The van der Waals surface area contributed by atoms with E-state index in [-0.39, 0.29) is 50.0 Å². The summed E-state index contributed by atoms with van der Waals surface area (Å²) in [5, 5.41) is 0. The lowest BCUT2D eigenvalue weighted by molar-refractivity contribution is 0.235. The SMILES string of the molecule is CC12CC[C@@](C)(C1)C1Cc3oc4c(c3C=C12)N(c1cc2c(cc1-c1ccccc1)C(C)(C)CCC2(C)C)c1cc(C(C)(C)C)cc2c1B4c1ccc(C(C)(C)C)cc1N2c1cc2c(cc1-c1ccccc1)C(C)(C)CCC2(C)C. The van der Waals surface area contributed by atoms with Crippen molar-refractivity contribution in [2.24, 2.45) is 16.7 Å². The maximum absolute atomic E-state index is 7.96. The molecule has 5 aliphatic carbocycles. The monoisotopic (exact) mass is 1040 g/mol. The molecule has 404 valence electrons. The molecule has 2 bridgehead atoms. The highest BCUT2D eigenvalue weighted by Gasteiger charge is 2.60. The van der Waals surface area contributed by atoms with Gasteiger partial charge in [-0.15, -0.1) is 0 Å². The van der Waals surface area contributed by atoms with Crippen LogP contribution in [-0.4, -0.2) is 6.71 Å². The molecule has 2 unspecified atom stereocenters. The minimum Gasteiger partial charge on any atom is -0.472 e. The molecule has 4 heteroatoms. The van der Waals surface area contributed by atoms with Crippen LogP contribution in [0.5, 0.6) is 0 Å². The summed E-state index contributed by atoms with van der Waals surface area (Å²) >= 11 is 0. The zero-order valence-electron chi connectivity index (χ0n) is 50.7. The molecule has 79 heavy (non-hydrogen) atoms. The second-order valence-corrected chi connectivity index (χ2v) is 31.3. The molecule has 2 saturated carbocycles. The number of allylic oxidation sites excluding steroid dienone is 1. The van der Waals surface area contributed by atoms with Gasteiger partial charge in [0.25, 0.3) is 6.71 Å². The van der Waals surface area contributed by atoms with Crippen molar-refractivity contribution < 1.29 is 4.42 Å². The first-order valence-corrected chi connectivity index (χ1v) is 30.4. The third-order valence-electron chi connectivity index (χ3n) is 22.0. The summed E-state index contributed by atoms with van der Waals surface area (Å²) in [4.78, 5) is 5.53. The van der Waals surface area contributed by atoms with E-state index in [0.717, 1.165) is 37.8 Å². The average molecular weight is 1040 g/mol. The lowest BCUT2D eigenvalue weighted by atomic mass is 9.35. The van der Waals surface area contributed by atoms with Crippen molar-refractivity contribution in [3.8, 4) is 22.3 Å². The molecule has 0 N–H and O–H groups in total. The van der Waals surface area contributed by atoms with Crippen LogP contribution in [0.2, 0.25) is 0 Å². The fourth-order valence-corrected chi connectivity index (χ4v) is 16.8. The van der Waals surface area contributed by atoms with Crippen molar-refractivity contribution in [3.63, 3.8) is 0 Å². The number of anilines is 6. The topological polar surface area (TPSA) is 19.6 Å². The maximum atomic E-state index is 7.96. The fraction of sp³-hybridized carbons (Fsp3) is 0.440. The fourth-order valence-electron chi connectivity index (χ4n) is 16.8. The van der Waals surface area contributed by atoms with Crippen molar-refractivity contribution in [1.29, 1.82) is 0 Å². The van der Waals surface area contributed by atoms with E-state index in [1.165, 1.54) is 131 Å². The first kappa shape index (κ1) is 51.2. The van der Waals surface area contributed by atoms with Crippen LogP contribution in [0, 0.1) is 16.7 Å². The zero-order chi connectivity index (χ0) is 55.5. The highest BCUT2D eigenvalue weighted by molar-refractivity contribution is 6.99. The Morgan fingerprint density at radius 3 is 1.49 bits per heavy atom. The molecule has 3 nitrogen and oxygen atoms in total. The van der Waals surface area contributed by atoms with Gasteiger partial charge in [-0.3, -0.25) is 0 Å². The molecular formula is C75H85BN2O. The van der Waals surface area contributed by atoms with Gasteiger partial charge in [0.05, 0.1) is 22.7 Å². The van der Waals surface area contributed by atoms with Crippen LogP contribution in [-0.2, 0) is 38.9 Å². The van der Waals surface area contributed by atoms with Crippen LogP contribution in [0.15, 0.2) is 125 Å². The summed E-state index contributed by atoms with van der Waals surface area (Å²) in [5.74, 6) is 1.67. The Morgan fingerprint density at radius 1 is 0.494 bits per heavy atom. The molecule has 1 aromatic heterocycles.